The molecular weight excluding hydrogens is 546 g/mol. The second kappa shape index (κ2) is 9.80. The van der Waals surface area contributed by atoms with Gasteiger partial charge < -0.3 is 9.73 Å². The zero-order valence-electron chi connectivity index (χ0n) is 16.4. The summed E-state index contributed by atoms with van der Waals surface area (Å²) >= 11 is 8.31. The summed E-state index contributed by atoms with van der Waals surface area (Å²) in [5, 5.41) is 12.1. The zero-order valence-corrected chi connectivity index (χ0v) is 20.4. The van der Waals surface area contributed by atoms with Crippen LogP contribution in [0, 0.1) is 6.92 Å². The lowest BCUT2D eigenvalue weighted by molar-refractivity contribution is -0.113. The van der Waals surface area contributed by atoms with Gasteiger partial charge in [-0.05, 0) is 80.7 Å². The maximum absolute atomic E-state index is 12.6. The molecule has 10 heteroatoms. The van der Waals surface area contributed by atoms with E-state index in [1.807, 2.05) is 54.0 Å². The molecule has 0 unspecified atom stereocenters. The van der Waals surface area contributed by atoms with Crippen molar-refractivity contribution in [3.63, 3.8) is 0 Å². The van der Waals surface area contributed by atoms with Crippen LogP contribution >= 0.6 is 43.6 Å². The summed E-state index contributed by atoms with van der Waals surface area (Å²) in [5.41, 5.74) is 2.48. The molecule has 4 aromatic rings. The van der Waals surface area contributed by atoms with Crippen molar-refractivity contribution in [2.45, 2.75) is 18.6 Å². The van der Waals surface area contributed by atoms with Crippen molar-refractivity contribution in [1.29, 1.82) is 0 Å². The molecule has 1 aromatic carbocycles. The Kier molecular flexibility index (Phi) is 6.89. The van der Waals surface area contributed by atoms with E-state index in [1.54, 1.807) is 12.5 Å². The number of anilines is 1. The number of aromatic nitrogens is 4. The summed E-state index contributed by atoms with van der Waals surface area (Å²) in [5.74, 6) is 1.40. The summed E-state index contributed by atoms with van der Waals surface area (Å²) < 4.78 is 9.03. The molecule has 0 bridgehead atoms. The number of carbonyl (C=O) groups is 1. The number of hydrogen-bond acceptors (Lipinski definition) is 6. The van der Waals surface area contributed by atoms with Crippen LogP contribution in [0.25, 0.3) is 11.5 Å². The lowest BCUT2D eigenvalue weighted by atomic mass is 10.2. The molecule has 0 atom stereocenters. The monoisotopic (exact) mass is 561 g/mol. The highest BCUT2D eigenvalue weighted by Crippen LogP contribution is 2.32. The van der Waals surface area contributed by atoms with Crippen molar-refractivity contribution < 1.29 is 9.21 Å². The number of hydrogen-bond donors (Lipinski definition) is 1. The number of amides is 1. The van der Waals surface area contributed by atoms with E-state index >= 15 is 0 Å². The first-order chi connectivity index (χ1) is 15.0. The smallest absolute Gasteiger partial charge is 0.234 e. The van der Waals surface area contributed by atoms with E-state index in [2.05, 4.69) is 52.4 Å². The molecule has 0 aliphatic rings. The molecule has 0 saturated heterocycles. The van der Waals surface area contributed by atoms with Gasteiger partial charge in [-0.15, -0.1) is 10.2 Å². The molecule has 0 aliphatic carbocycles. The molecule has 0 spiro atoms. The van der Waals surface area contributed by atoms with Crippen LogP contribution in [0.2, 0.25) is 0 Å². The van der Waals surface area contributed by atoms with Crippen LogP contribution in [0.1, 0.15) is 11.3 Å². The van der Waals surface area contributed by atoms with Gasteiger partial charge in [0.25, 0.3) is 0 Å². The number of aryl methyl sites for hydroxylation is 1. The Morgan fingerprint density at radius 2 is 1.97 bits per heavy atom. The van der Waals surface area contributed by atoms with Crippen LogP contribution in [-0.2, 0) is 11.3 Å². The number of furan rings is 1. The third kappa shape index (κ3) is 5.25. The molecule has 0 aliphatic heterocycles. The second-order valence-electron chi connectivity index (χ2n) is 6.63. The number of nitrogens with zero attached hydrogens (tertiary/aromatic N) is 4. The number of halogens is 2. The summed E-state index contributed by atoms with van der Waals surface area (Å²) in [7, 11) is 0. The van der Waals surface area contributed by atoms with Gasteiger partial charge in [0.2, 0.25) is 5.91 Å². The molecule has 0 radical (unpaired) electrons. The van der Waals surface area contributed by atoms with Crippen LogP contribution in [0.15, 0.2) is 73.4 Å². The van der Waals surface area contributed by atoms with Gasteiger partial charge in [-0.1, -0.05) is 17.8 Å². The van der Waals surface area contributed by atoms with Crippen molar-refractivity contribution in [1.82, 2.24) is 19.7 Å². The molecule has 7 nitrogen and oxygen atoms in total. The summed E-state index contributed by atoms with van der Waals surface area (Å²) in [6.07, 6.45) is 3.33. The first kappa shape index (κ1) is 21.8. The minimum absolute atomic E-state index is 0.151. The van der Waals surface area contributed by atoms with Crippen LogP contribution in [0.5, 0.6) is 0 Å². The van der Waals surface area contributed by atoms with Crippen LogP contribution in [-0.4, -0.2) is 31.4 Å². The summed E-state index contributed by atoms with van der Waals surface area (Å²) in [4.78, 5) is 17.0. The number of rotatable bonds is 7. The number of thioether (sulfide) groups is 1. The van der Waals surface area contributed by atoms with E-state index in [0.29, 0.717) is 28.9 Å². The van der Waals surface area contributed by atoms with Gasteiger partial charge in [-0.25, -0.2) is 0 Å². The molecule has 4 rings (SSSR count). The molecule has 3 heterocycles. The van der Waals surface area contributed by atoms with E-state index in [4.69, 9.17) is 4.42 Å². The van der Waals surface area contributed by atoms with Gasteiger partial charge in [-0.2, -0.15) is 0 Å². The van der Waals surface area contributed by atoms with Gasteiger partial charge in [0.15, 0.2) is 11.0 Å². The van der Waals surface area contributed by atoms with Crippen LogP contribution in [0.4, 0.5) is 5.69 Å². The zero-order chi connectivity index (χ0) is 21.8. The van der Waals surface area contributed by atoms with Crippen molar-refractivity contribution in [2.75, 3.05) is 11.1 Å². The molecular formula is C21H17Br2N5O2S. The Balaban J connectivity index is 1.53. The first-order valence-electron chi connectivity index (χ1n) is 9.26. The normalized spacial score (nSPS) is 10.9. The third-order valence-corrected chi connectivity index (χ3v) is 6.51. The number of nitrogens with one attached hydrogen (secondary N) is 1. The fourth-order valence-corrected chi connectivity index (χ4v) is 5.26. The van der Waals surface area contributed by atoms with Gasteiger partial charge in [-0.3, -0.25) is 14.3 Å². The van der Waals surface area contributed by atoms with Gasteiger partial charge in [0.05, 0.1) is 24.2 Å². The Morgan fingerprint density at radius 3 is 2.65 bits per heavy atom. The van der Waals surface area contributed by atoms with Crippen LogP contribution in [0.3, 0.4) is 0 Å². The molecule has 1 amide bonds. The van der Waals surface area contributed by atoms with E-state index in [-0.39, 0.29) is 11.7 Å². The Morgan fingerprint density at radius 1 is 1.16 bits per heavy atom. The summed E-state index contributed by atoms with van der Waals surface area (Å²) in [6.45, 7) is 2.42. The maximum Gasteiger partial charge on any atom is 0.234 e. The lowest BCUT2D eigenvalue weighted by Gasteiger charge is -2.11. The van der Waals surface area contributed by atoms with Crippen LogP contribution < -0.4 is 5.32 Å². The maximum atomic E-state index is 12.6. The highest BCUT2D eigenvalue weighted by molar-refractivity contribution is 9.11. The molecule has 0 fully saturated rings. The molecule has 158 valence electrons. The first-order valence-corrected chi connectivity index (χ1v) is 11.8. The third-order valence-electron chi connectivity index (χ3n) is 4.29. The lowest BCUT2D eigenvalue weighted by Crippen LogP contribution is -2.15. The minimum atomic E-state index is -0.151. The molecule has 3 aromatic heterocycles. The average Bonchev–Trinajstić information content (AvgIpc) is 3.40. The highest BCUT2D eigenvalue weighted by Gasteiger charge is 2.18. The minimum Gasteiger partial charge on any atom is -0.467 e. The predicted molar refractivity (Wildman–Crippen MR) is 127 cm³/mol. The molecule has 31 heavy (non-hydrogen) atoms. The van der Waals surface area contributed by atoms with E-state index in [9.17, 15) is 4.79 Å². The topological polar surface area (TPSA) is 85.8 Å². The van der Waals surface area contributed by atoms with Gasteiger partial charge in [0, 0.05) is 15.1 Å². The van der Waals surface area contributed by atoms with Crippen molar-refractivity contribution >= 4 is 55.2 Å². The Hall–Kier alpha value is -2.43. The van der Waals surface area contributed by atoms with Gasteiger partial charge in [0.1, 0.15) is 11.5 Å². The average molecular weight is 563 g/mol. The van der Waals surface area contributed by atoms with Crippen molar-refractivity contribution in [3.8, 4) is 11.5 Å². The molecule has 1 N–H and O–H groups in total. The van der Waals surface area contributed by atoms with E-state index in [0.717, 1.165) is 20.3 Å². The Labute approximate surface area is 199 Å². The predicted octanol–water partition coefficient (Wildman–Crippen LogP) is 5.55. The van der Waals surface area contributed by atoms with Crippen molar-refractivity contribution in [2.24, 2.45) is 0 Å². The standard InChI is InChI=1S/C21H17Br2N5O2S/c1-13-9-15(22)19(16(23)10-13)25-18(29)12-31-21-27-26-20(17-6-2-3-7-24-17)28(21)11-14-5-4-8-30-14/h2-10H,11-12H2,1H3,(H,25,29). The SMILES string of the molecule is Cc1cc(Br)c(NC(=O)CSc2nnc(-c3ccccn3)n2Cc2ccco2)c(Br)c1. The largest absolute Gasteiger partial charge is 0.467 e. The highest BCUT2D eigenvalue weighted by atomic mass is 79.9. The van der Waals surface area contributed by atoms with E-state index in [1.165, 1.54) is 11.8 Å². The number of benzene rings is 1. The molecule has 0 saturated carbocycles. The summed E-state index contributed by atoms with van der Waals surface area (Å²) in [6, 6.07) is 13.2. The fourth-order valence-electron chi connectivity index (χ4n) is 2.91. The number of carbonyl (C=O) groups excluding carboxylic acids is 1. The Bertz CT molecular complexity index is 1170. The van der Waals surface area contributed by atoms with E-state index < -0.39 is 0 Å². The quantitative estimate of drug-likeness (QED) is 0.297. The van der Waals surface area contributed by atoms with Gasteiger partial charge >= 0.3 is 0 Å². The second-order valence-corrected chi connectivity index (χ2v) is 9.28. The number of pyridine rings is 1. The fraction of sp³-hybridized carbons (Fsp3) is 0.143. The van der Waals surface area contributed by atoms with Crippen molar-refractivity contribution in [3.05, 3.63) is 75.2 Å².